The van der Waals surface area contributed by atoms with Crippen LogP contribution in [0.1, 0.15) is 18.9 Å². The second-order valence-corrected chi connectivity index (χ2v) is 4.91. The third-order valence-corrected chi connectivity index (χ3v) is 2.89. The highest BCUT2D eigenvalue weighted by atomic mass is 19.2. The van der Waals surface area contributed by atoms with Crippen molar-refractivity contribution in [2.24, 2.45) is 0 Å². The highest BCUT2D eigenvalue weighted by Gasteiger charge is 2.21. The molecule has 3 nitrogen and oxygen atoms in total. The monoisotopic (exact) mass is 273 g/mol. The summed E-state index contributed by atoms with van der Waals surface area (Å²) in [4.78, 5) is 0. The molecule has 0 aliphatic rings. The zero-order valence-corrected chi connectivity index (χ0v) is 11.4. The summed E-state index contributed by atoms with van der Waals surface area (Å²) in [5.41, 5.74) is -0.370. The van der Waals surface area contributed by atoms with Gasteiger partial charge in [0.05, 0.1) is 12.2 Å². The van der Waals surface area contributed by atoms with E-state index in [9.17, 15) is 13.9 Å². The van der Waals surface area contributed by atoms with Crippen LogP contribution in [0.25, 0.3) is 0 Å². The van der Waals surface area contributed by atoms with Crippen LogP contribution in [0.5, 0.6) is 0 Å². The molecule has 0 amide bonds. The molecule has 0 saturated heterocycles. The molecular formula is C14H21F2NO2. The number of nitrogens with one attached hydrogen (secondary N) is 1. The lowest BCUT2D eigenvalue weighted by Gasteiger charge is -2.23. The molecule has 2 N–H and O–H groups in total. The molecule has 1 aromatic carbocycles. The Morgan fingerprint density at radius 3 is 2.63 bits per heavy atom. The first-order chi connectivity index (χ1) is 8.94. The maximum atomic E-state index is 13.1. The standard InChI is InChI=1S/C14H21F2NO2/c1-14(18,5-6-17-7-8-19-2)10-11-3-4-12(15)13(16)9-11/h3-4,9,17-18H,5-8,10H2,1-2H3. The second-order valence-electron chi connectivity index (χ2n) is 4.91. The Kier molecular flexibility index (Phi) is 6.34. The fourth-order valence-electron chi connectivity index (χ4n) is 1.83. The minimum atomic E-state index is -0.954. The van der Waals surface area contributed by atoms with Gasteiger partial charge in [-0.3, -0.25) is 0 Å². The molecule has 0 radical (unpaired) electrons. The number of aliphatic hydroxyl groups is 1. The Morgan fingerprint density at radius 2 is 2.00 bits per heavy atom. The van der Waals surface area contributed by atoms with E-state index in [2.05, 4.69) is 5.32 Å². The molecule has 0 aliphatic carbocycles. The smallest absolute Gasteiger partial charge is 0.159 e. The highest BCUT2D eigenvalue weighted by molar-refractivity contribution is 5.19. The first-order valence-electron chi connectivity index (χ1n) is 6.30. The van der Waals surface area contributed by atoms with Gasteiger partial charge in [-0.15, -0.1) is 0 Å². The summed E-state index contributed by atoms with van der Waals surface area (Å²) in [5.74, 6) is -1.75. The zero-order valence-electron chi connectivity index (χ0n) is 11.4. The van der Waals surface area contributed by atoms with Gasteiger partial charge in [-0.2, -0.15) is 0 Å². The van der Waals surface area contributed by atoms with Gasteiger partial charge in [-0.25, -0.2) is 8.78 Å². The topological polar surface area (TPSA) is 41.5 Å². The van der Waals surface area contributed by atoms with E-state index in [-0.39, 0.29) is 6.42 Å². The number of halogens is 2. The molecule has 19 heavy (non-hydrogen) atoms. The lowest BCUT2D eigenvalue weighted by Crippen LogP contribution is -2.33. The Labute approximate surface area is 112 Å². The van der Waals surface area contributed by atoms with E-state index in [4.69, 9.17) is 4.74 Å². The molecule has 0 fully saturated rings. The number of ether oxygens (including phenoxy) is 1. The largest absolute Gasteiger partial charge is 0.390 e. The number of methoxy groups -OCH3 is 1. The summed E-state index contributed by atoms with van der Waals surface area (Å²) in [6.45, 7) is 3.66. The Hall–Kier alpha value is -1.04. The number of benzene rings is 1. The van der Waals surface area contributed by atoms with Gasteiger partial charge < -0.3 is 15.2 Å². The quantitative estimate of drug-likeness (QED) is 0.711. The summed E-state index contributed by atoms with van der Waals surface area (Å²) in [6.07, 6.45) is 0.811. The molecule has 1 unspecified atom stereocenters. The molecule has 0 spiro atoms. The minimum absolute atomic E-state index is 0.288. The molecular weight excluding hydrogens is 252 g/mol. The molecule has 1 aromatic rings. The Morgan fingerprint density at radius 1 is 1.26 bits per heavy atom. The van der Waals surface area contributed by atoms with E-state index in [1.54, 1.807) is 14.0 Å². The number of hydrogen-bond acceptors (Lipinski definition) is 3. The van der Waals surface area contributed by atoms with Gasteiger partial charge >= 0.3 is 0 Å². The maximum absolute atomic E-state index is 13.1. The van der Waals surface area contributed by atoms with Gasteiger partial charge in [-0.1, -0.05) is 6.07 Å². The summed E-state index contributed by atoms with van der Waals surface area (Å²) in [6, 6.07) is 3.70. The third-order valence-electron chi connectivity index (χ3n) is 2.89. The van der Waals surface area contributed by atoms with Crippen LogP contribution in [0.15, 0.2) is 18.2 Å². The molecule has 5 heteroatoms. The van der Waals surface area contributed by atoms with Crippen molar-refractivity contribution < 1.29 is 18.6 Å². The molecule has 108 valence electrons. The van der Waals surface area contributed by atoms with Crippen molar-refractivity contribution in [3.8, 4) is 0 Å². The van der Waals surface area contributed by atoms with Crippen molar-refractivity contribution in [1.82, 2.24) is 5.32 Å². The SMILES string of the molecule is COCCNCCC(C)(O)Cc1ccc(F)c(F)c1. The van der Waals surface area contributed by atoms with Gasteiger partial charge in [0.2, 0.25) is 0 Å². The molecule has 0 aromatic heterocycles. The van der Waals surface area contributed by atoms with Crippen LogP contribution in [0.2, 0.25) is 0 Å². The number of rotatable bonds is 8. The molecule has 1 atom stereocenters. The van der Waals surface area contributed by atoms with E-state index >= 15 is 0 Å². The van der Waals surface area contributed by atoms with Gasteiger partial charge in [-0.05, 0) is 37.6 Å². The summed E-state index contributed by atoms with van der Waals surface area (Å²) < 4.78 is 30.7. The summed E-state index contributed by atoms with van der Waals surface area (Å²) in [5, 5.41) is 13.3. The summed E-state index contributed by atoms with van der Waals surface area (Å²) in [7, 11) is 1.63. The average Bonchev–Trinajstić information content (AvgIpc) is 2.33. The van der Waals surface area contributed by atoms with Crippen LogP contribution in [0.4, 0.5) is 8.78 Å². The lowest BCUT2D eigenvalue weighted by molar-refractivity contribution is 0.0509. The fourth-order valence-corrected chi connectivity index (χ4v) is 1.83. The normalized spacial score (nSPS) is 14.4. The Balaban J connectivity index is 2.42. The van der Waals surface area contributed by atoms with E-state index in [0.29, 0.717) is 25.1 Å². The van der Waals surface area contributed by atoms with Crippen LogP contribution in [-0.4, -0.2) is 37.5 Å². The van der Waals surface area contributed by atoms with E-state index in [1.807, 2.05) is 0 Å². The molecule has 0 saturated carbocycles. The van der Waals surface area contributed by atoms with Gasteiger partial charge in [0.15, 0.2) is 11.6 Å². The van der Waals surface area contributed by atoms with Crippen LogP contribution < -0.4 is 5.32 Å². The average molecular weight is 273 g/mol. The third kappa shape index (κ3) is 6.09. The van der Waals surface area contributed by atoms with Gasteiger partial charge in [0.25, 0.3) is 0 Å². The summed E-state index contributed by atoms with van der Waals surface area (Å²) >= 11 is 0. The van der Waals surface area contributed by atoms with Crippen molar-refractivity contribution >= 4 is 0 Å². The number of hydrogen-bond donors (Lipinski definition) is 2. The molecule has 1 rings (SSSR count). The molecule has 0 bridgehead atoms. The van der Waals surface area contributed by atoms with Gasteiger partial charge in [0, 0.05) is 20.1 Å². The van der Waals surface area contributed by atoms with Crippen molar-refractivity contribution in [2.45, 2.75) is 25.4 Å². The van der Waals surface area contributed by atoms with Crippen LogP contribution in [0, 0.1) is 11.6 Å². The van der Waals surface area contributed by atoms with Crippen molar-refractivity contribution in [3.63, 3.8) is 0 Å². The van der Waals surface area contributed by atoms with E-state index in [1.165, 1.54) is 6.07 Å². The predicted molar refractivity (Wildman–Crippen MR) is 70.0 cm³/mol. The highest BCUT2D eigenvalue weighted by Crippen LogP contribution is 2.18. The first kappa shape index (κ1) is 16.0. The van der Waals surface area contributed by atoms with Crippen LogP contribution in [-0.2, 0) is 11.2 Å². The van der Waals surface area contributed by atoms with Crippen molar-refractivity contribution in [3.05, 3.63) is 35.4 Å². The van der Waals surface area contributed by atoms with Gasteiger partial charge in [0.1, 0.15) is 0 Å². The second kappa shape index (κ2) is 7.53. The van der Waals surface area contributed by atoms with Crippen molar-refractivity contribution in [1.29, 1.82) is 0 Å². The minimum Gasteiger partial charge on any atom is -0.390 e. The van der Waals surface area contributed by atoms with Crippen LogP contribution >= 0.6 is 0 Å². The van der Waals surface area contributed by atoms with E-state index < -0.39 is 17.2 Å². The molecule has 0 aliphatic heterocycles. The molecule has 0 heterocycles. The fraction of sp³-hybridized carbons (Fsp3) is 0.571. The van der Waals surface area contributed by atoms with E-state index in [0.717, 1.165) is 18.7 Å². The first-order valence-corrected chi connectivity index (χ1v) is 6.30. The Bertz CT molecular complexity index is 397. The maximum Gasteiger partial charge on any atom is 0.159 e. The zero-order chi connectivity index (χ0) is 14.3. The lowest BCUT2D eigenvalue weighted by atomic mass is 9.93. The predicted octanol–water partition coefficient (Wildman–Crippen LogP) is 1.88. The van der Waals surface area contributed by atoms with Crippen LogP contribution in [0.3, 0.4) is 0 Å². The van der Waals surface area contributed by atoms with Crippen molar-refractivity contribution in [2.75, 3.05) is 26.8 Å².